The van der Waals surface area contributed by atoms with Gasteiger partial charge in [-0.05, 0) is 24.1 Å². The van der Waals surface area contributed by atoms with Crippen LogP contribution in [0, 0.1) is 0 Å². The average Bonchev–Trinajstić information content (AvgIpc) is 2.44. The van der Waals surface area contributed by atoms with Gasteiger partial charge in [0.1, 0.15) is 0 Å². The molecule has 1 rings (SSSR count). The van der Waals surface area contributed by atoms with Gasteiger partial charge in [0.2, 0.25) is 5.91 Å². The van der Waals surface area contributed by atoms with Gasteiger partial charge < -0.3 is 10.1 Å². The van der Waals surface area contributed by atoms with E-state index in [2.05, 4.69) is 21.2 Å². The number of ether oxygens (including phenoxy) is 1. The molecule has 0 spiro atoms. The van der Waals surface area contributed by atoms with Gasteiger partial charge in [0.25, 0.3) is 0 Å². The van der Waals surface area contributed by atoms with Gasteiger partial charge in [0.05, 0.1) is 13.0 Å². The van der Waals surface area contributed by atoms with Gasteiger partial charge >= 0.3 is 5.97 Å². The van der Waals surface area contributed by atoms with Gasteiger partial charge in [-0.2, -0.15) is 0 Å². The van der Waals surface area contributed by atoms with E-state index in [9.17, 15) is 9.59 Å². The van der Waals surface area contributed by atoms with Crippen molar-refractivity contribution in [2.24, 2.45) is 0 Å². The molecular formula is C15H18BrNO3. The van der Waals surface area contributed by atoms with E-state index in [0.717, 1.165) is 16.5 Å². The molecule has 0 unspecified atom stereocenters. The molecule has 0 bridgehead atoms. The molecule has 5 heteroatoms. The van der Waals surface area contributed by atoms with E-state index in [1.54, 1.807) is 6.08 Å². The first-order valence-corrected chi connectivity index (χ1v) is 7.29. The lowest BCUT2D eigenvalue weighted by Gasteiger charge is -2.03. The largest absolute Gasteiger partial charge is 0.466 e. The van der Waals surface area contributed by atoms with E-state index in [1.165, 1.54) is 6.08 Å². The Hall–Kier alpha value is -1.62. The van der Waals surface area contributed by atoms with Crippen molar-refractivity contribution in [1.82, 2.24) is 5.32 Å². The maximum Gasteiger partial charge on any atom is 0.307 e. The Morgan fingerprint density at radius 2 is 2.10 bits per heavy atom. The topological polar surface area (TPSA) is 55.4 Å². The molecule has 0 aromatic heterocycles. The lowest BCUT2D eigenvalue weighted by atomic mass is 10.2. The average molecular weight is 340 g/mol. The van der Waals surface area contributed by atoms with Gasteiger partial charge in [0.15, 0.2) is 0 Å². The fraction of sp³-hybridized carbons (Fsp3) is 0.333. The molecular weight excluding hydrogens is 322 g/mol. The molecule has 108 valence electrons. The fourth-order valence-corrected chi connectivity index (χ4v) is 1.83. The van der Waals surface area contributed by atoms with Crippen molar-refractivity contribution < 1.29 is 14.3 Å². The van der Waals surface area contributed by atoms with E-state index in [0.29, 0.717) is 6.61 Å². The molecule has 1 N–H and O–H groups in total. The summed E-state index contributed by atoms with van der Waals surface area (Å²) in [6, 6.07) is 7.60. The van der Waals surface area contributed by atoms with Crippen LogP contribution in [0.2, 0.25) is 0 Å². The number of hydrogen-bond donors (Lipinski definition) is 1. The van der Waals surface area contributed by atoms with E-state index < -0.39 is 0 Å². The van der Waals surface area contributed by atoms with Gasteiger partial charge in [-0.1, -0.05) is 41.1 Å². The predicted octanol–water partition coefficient (Wildman–Crippen LogP) is 2.92. The molecule has 0 heterocycles. The van der Waals surface area contributed by atoms with Crippen LogP contribution < -0.4 is 5.32 Å². The molecule has 0 saturated carbocycles. The lowest BCUT2D eigenvalue weighted by Crippen LogP contribution is -2.24. The number of nitrogens with one attached hydrogen (secondary N) is 1. The van der Waals surface area contributed by atoms with Crippen LogP contribution in [0.1, 0.15) is 25.3 Å². The summed E-state index contributed by atoms with van der Waals surface area (Å²) in [5.74, 6) is -0.522. The summed E-state index contributed by atoms with van der Waals surface area (Å²) >= 11 is 3.40. The smallest absolute Gasteiger partial charge is 0.307 e. The molecule has 0 aliphatic heterocycles. The van der Waals surface area contributed by atoms with Crippen LogP contribution in [-0.4, -0.2) is 25.0 Å². The number of esters is 1. The predicted molar refractivity (Wildman–Crippen MR) is 82.1 cm³/mol. The Labute approximate surface area is 127 Å². The number of carbonyl (C=O) groups is 2. The molecule has 0 aliphatic rings. The third-order valence-corrected chi connectivity index (χ3v) is 3.14. The summed E-state index contributed by atoms with van der Waals surface area (Å²) in [4.78, 5) is 22.8. The Kier molecular flexibility index (Phi) is 7.65. The van der Waals surface area contributed by atoms with Crippen LogP contribution in [0.5, 0.6) is 0 Å². The Morgan fingerprint density at radius 3 is 2.80 bits per heavy atom. The number of amides is 1. The Bertz CT molecular complexity index is 486. The van der Waals surface area contributed by atoms with Gasteiger partial charge in [-0.15, -0.1) is 0 Å². The van der Waals surface area contributed by atoms with Crippen LogP contribution in [-0.2, 0) is 14.3 Å². The van der Waals surface area contributed by atoms with E-state index in [1.807, 2.05) is 31.2 Å². The Balaban J connectivity index is 2.30. The number of carbonyl (C=O) groups excluding carboxylic acids is 2. The molecule has 0 fully saturated rings. The summed E-state index contributed by atoms with van der Waals surface area (Å²) in [5.41, 5.74) is 0.921. The highest BCUT2D eigenvalue weighted by Crippen LogP contribution is 2.16. The second-order valence-corrected chi connectivity index (χ2v) is 4.97. The molecule has 0 aliphatic carbocycles. The zero-order valence-electron chi connectivity index (χ0n) is 11.4. The number of rotatable bonds is 7. The van der Waals surface area contributed by atoms with E-state index >= 15 is 0 Å². The van der Waals surface area contributed by atoms with Gasteiger partial charge in [-0.3, -0.25) is 9.59 Å². The van der Waals surface area contributed by atoms with Crippen molar-refractivity contribution in [3.63, 3.8) is 0 Å². The minimum atomic E-state index is -0.290. The number of halogens is 1. The van der Waals surface area contributed by atoms with Crippen LogP contribution in [0.15, 0.2) is 34.8 Å². The maximum atomic E-state index is 11.6. The van der Waals surface area contributed by atoms with Crippen molar-refractivity contribution in [2.45, 2.75) is 19.8 Å². The third kappa shape index (κ3) is 6.52. The van der Waals surface area contributed by atoms with Crippen molar-refractivity contribution in [1.29, 1.82) is 0 Å². The highest BCUT2D eigenvalue weighted by Gasteiger charge is 2.03. The highest BCUT2D eigenvalue weighted by atomic mass is 79.9. The van der Waals surface area contributed by atoms with Crippen LogP contribution in [0.4, 0.5) is 0 Å². The van der Waals surface area contributed by atoms with E-state index in [-0.39, 0.29) is 24.8 Å². The van der Waals surface area contributed by atoms with Crippen LogP contribution >= 0.6 is 15.9 Å². The highest BCUT2D eigenvalue weighted by molar-refractivity contribution is 9.10. The summed E-state index contributed by atoms with van der Waals surface area (Å²) in [6.07, 6.45) is 4.15. The first-order valence-electron chi connectivity index (χ1n) is 6.49. The summed E-state index contributed by atoms with van der Waals surface area (Å²) < 4.78 is 5.83. The summed E-state index contributed by atoms with van der Waals surface area (Å²) in [7, 11) is 0. The monoisotopic (exact) mass is 339 g/mol. The number of benzene rings is 1. The van der Waals surface area contributed by atoms with Crippen molar-refractivity contribution in [3.8, 4) is 0 Å². The molecule has 1 aromatic rings. The van der Waals surface area contributed by atoms with Crippen LogP contribution in [0.25, 0.3) is 6.08 Å². The van der Waals surface area contributed by atoms with Crippen LogP contribution in [0.3, 0.4) is 0 Å². The molecule has 0 saturated heterocycles. The van der Waals surface area contributed by atoms with Crippen molar-refractivity contribution in [3.05, 3.63) is 40.4 Å². The SMILES string of the molecule is CCCOC(=O)CCNC(=O)/C=C/c1ccccc1Br. The zero-order chi connectivity index (χ0) is 14.8. The van der Waals surface area contributed by atoms with Crippen molar-refractivity contribution >= 4 is 33.9 Å². The molecule has 20 heavy (non-hydrogen) atoms. The molecule has 4 nitrogen and oxygen atoms in total. The molecule has 0 radical (unpaired) electrons. The molecule has 0 atom stereocenters. The molecule has 1 aromatic carbocycles. The minimum absolute atomic E-state index is 0.189. The fourth-order valence-electron chi connectivity index (χ4n) is 1.41. The summed E-state index contributed by atoms with van der Waals surface area (Å²) in [6.45, 7) is 2.64. The standard InChI is InChI=1S/C15H18BrNO3/c1-2-11-20-15(19)9-10-17-14(18)8-7-12-5-3-4-6-13(12)16/h3-8H,2,9-11H2,1H3,(H,17,18)/b8-7+. The lowest BCUT2D eigenvalue weighted by molar-refractivity contribution is -0.143. The first-order chi connectivity index (χ1) is 9.63. The second-order valence-electron chi connectivity index (χ2n) is 4.12. The quantitative estimate of drug-likeness (QED) is 0.613. The van der Waals surface area contributed by atoms with Gasteiger partial charge in [-0.25, -0.2) is 0 Å². The summed E-state index contributed by atoms with van der Waals surface area (Å²) in [5, 5.41) is 2.64. The third-order valence-electron chi connectivity index (χ3n) is 2.42. The maximum absolute atomic E-state index is 11.6. The van der Waals surface area contributed by atoms with Crippen molar-refractivity contribution in [2.75, 3.05) is 13.2 Å². The molecule has 1 amide bonds. The zero-order valence-corrected chi connectivity index (χ0v) is 13.0. The normalized spacial score (nSPS) is 10.5. The minimum Gasteiger partial charge on any atom is -0.466 e. The number of hydrogen-bond acceptors (Lipinski definition) is 3. The second kappa shape index (κ2) is 9.31. The van der Waals surface area contributed by atoms with E-state index in [4.69, 9.17) is 4.74 Å². The van der Waals surface area contributed by atoms with Gasteiger partial charge in [0, 0.05) is 17.1 Å². The first kappa shape index (κ1) is 16.4. The Morgan fingerprint density at radius 1 is 1.35 bits per heavy atom.